The topological polar surface area (TPSA) is 47.6 Å². The summed E-state index contributed by atoms with van der Waals surface area (Å²) in [4.78, 5) is 13.1. The molecular formula is C17H16ClNO3S. The Hall–Kier alpha value is -1.85. The van der Waals surface area contributed by atoms with Gasteiger partial charge in [-0.1, -0.05) is 17.7 Å². The number of carbonyl (C=O) groups is 1. The van der Waals surface area contributed by atoms with Crippen LogP contribution in [0.5, 0.6) is 11.5 Å². The van der Waals surface area contributed by atoms with Crippen molar-refractivity contribution in [2.24, 2.45) is 0 Å². The van der Waals surface area contributed by atoms with E-state index in [-0.39, 0.29) is 5.91 Å². The van der Waals surface area contributed by atoms with Gasteiger partial charge in [0, 0.05) is 15.6 Å². The minimum absolute atomic E-state index is 0.0738. The van der Waals surface area contributed by atoms with Gasteiger partial charge < -0.3 is 14.8 Å². The fraction of sp³-hybridized carbons (Fsp3) is 0.235. The minimum atomic E-state index is -0.0738. The summed E-state index contributed by atoms with van der Waals surface area (Å²) in [6.07, 6.45) is 0. The number of hydrogen-bond acceptors (Lipinski definition) is 4. The minimum Gasteiger partial charge on any atom is -0.486 e. The van der Waals surface area contributed by atoms with Crippen molar-refractivity contribution in [3.05, 3.63) is 47.0 Å². The molecule has 4 nitrogen and oxygen atoms in total. The van der Waals surface area contributed by atoms with Crippen molar-refractivity contribution >= 4 is 35.0 Å². The van der Waals surface area contributed by atoms with Gasteiger partial charge in [0.2, 0.25) is 5.91 Å². The molecule has 0 radical (unpaired) electrons. The predicted octanol–water partition coefficient (Wildman–Crippen LogP) is 4.15. The van der Waals surface area contributed by atoms with Crippen LogP contribution in [-0.4, -0.2) is 24.9 Å². The van der Waals surface area contributed by atoms with E-state index in [1.807, 2.05) is 31.2 Å². The number of carbonyl (C=O) groups excluding carboxylic acids is 1. The molecule has 0 saturated carbocycles. The molecule has 23 heavy (non-hydrogen) atoms. The first kappa shape index (κ1) is 16.0. The molecule has 0 aromatic heterocycles. The summed E-state index contributed by atoms with van der Waals surface area (Å²) in [7, 11) is 0. The third kappa shape index (κ3) is 4.12. The maximum Gasteiger partial charge on any atom is 0.234 e. The number of aryl methyl sites for hydroxylation is 1. The van der Waals surface area contributed by atoms with Crippen molar-refractivity contribution in [2.75, 3.05) is 24.3 Å². The van der Waals surface area contributed by atoms with Gasteiger partial charge in [-0.05, 0) is 42.8 Å². The van der Waals surface area contributed by atoms with E-state index in [0.717, 1.165) is 27.6 Å². The van der Waals surface area contributed by atoms with Gasteiger partial charge >= 0.3 is 0 Å². The molecule has 0 saturated heterocycles. The molecule has 2 aromatic rings. The Morgan fingerprint density at radius 2 is 1.96 bits per heavy atom. The summed E-state index contributed by atoms with van der Waals surface area (Å²) in [5, 5.41) is 3.49. The van der Waals surface area contributed by atoms with Crippen LogP contribution >= 0.6 is 23.4 Å². The number of rotatable bonds is 4. The Morgan fingerprint density at radius 1 is 1.17 bits per heavy atom. The maximum absolute atomic E-state index is 12.1. The van der Waals surface area contributed by atoms with E-state index in [0.29, 0.717) is 24.0 Å². The highest BCUT2D eigenvalue weighted by molar-refractivity contribution is 8.00. The summed E-state index contributed by atoms with van der Waals surface area (Å²) in [5.41, 5.74) is 1.72. The lowest BCUT2D eigenvalue weighted by Crippen LogP contribution is -2.16. The first-order chi connectivity index (χ1) is 11.1. The number of benzene rings is 2. The van der Waals surface area contributed by atoms with E-state index in [2.05, 4.69) is 5.32 Å². The number of fused-ring (bicyclic) bond motifs is 1. The number of thioether (sulfide) groups is 1. The number of ether oxygens (including phenoxy) is 2. The van der Waals surface area contributed by atoms with Crippen molar-refractivity contribution in [3.63, 3.8) is 0 Å². The molecule has 1 heterocycles. The zero-order valence-electron chi connectivity index (χ0n) is 12.6. The Balaban J connectivity index is 1.59. The predicted molar refractivity (Wildman–Crippen MR) is 93.0 cm³/mol. The molecule has 1 aliphatic rings. The highest BCUT2D eigenvalue weighted by Gasteiger charge is 2.13. The molecule has 0 bridgehead atoms. The van der Waals surface area contributed by atoms with Crippen LogP contribution in [0.1, 0.15) is 5.56 Å². The molecule has 3 rings (SSSR count). The average Bonchev–Trinajstić information content (AvgIpc) is 2.56. The lowest BCUT2D eigenvalue weighted by atomic mass is 10.2. The maximum atomic E-state index is 12.1. The van der Waals surface area contributed by atoms with Crippen LogP contribution in [0.2, 0.25) is 5.02 Å². The highest BCUT2D eigenvalue weighted by Crippen LogP contribution is 2.34. The number of nitrogens with one attached hydrogen (secondary N) is 1. The van der Waals surface area contributed by atoms with E-state index in [4.69, 9.17) is 21.1 Å². The summed E-state index contributed by atoms with van der Waals surface area (Å²) < 4.78 is 11.0. The standard InChI is InChI=1S/C17H16ClNO3S/c1-11-2-3-12(18)8-14(11)19-17(20)10-23-13-4-5-15-16(9-13)22-7-6-21-15/h2-5,8-9H,6-7,10H2,1H3,(H,19,20). The molecule has 0 aliphatic carbocycles. The van der Waals surface area contributed by atoms with E-state index >= 15 is 0 Å². The summed E-state index contributed by atoms with van der Waals surface area (Å²) in [6.45, 7) is 3.05. The van der Waals surface area contributed by atoms with Gasteiger partial charge in [0.15, 0.2) is 11.5 Å². The van der Waals surface area contributed by atoms with Gasteiger partial charge in [0.05, 0.1) is 5.75 Å². The van der Waals surface area contributed by atoms with Crippen LogP contribution in [0.25, 0.3) is 0 Å². The number of halogens is 1. The van der Waals surface area contributed by atoms with Crippen LogP contribution in [-0.2, 0) is 4.79 Å². The van der Waals surface area contributed by atoms with Crippen LogP contribution < -0.4 is 14.8 Å². The number of amides is 1. The number of anilines is 1. The molecule has 0 fully saturated rings. The second-order valence-electron chi connectivity index (χ2n) is 5.10. The Kier molecular flexibility index (Phi) is 4.98. The van der Waals surface area contributed by atoms with E-state index < -0.39 is 0 Å². The second kappa shape index (κ2) is 7.15. The normalized spacial score (nSPS) is 12.8. The Bertz CT molecular complexity index is 736. The van der Waals surface area contributed by atoms with Gasteiger partial charge in [-0.25, -0.2) is 0 Å². The quantitative estimate of drug-likeness (QED) is 0.842. The van der Waals surface area contributed by atoms with Crippen molar-refractivity contribution < 1.29 is 14.3 Å². The van der Waals surface area contributed by atoms with Gasteiger partial charge in [-0.3, -0.25) is 4.79 Å². The largest absolute Gasteiger partial charge is 0.486 e. The Morgan fingerprint density at radius 3 is 2.78 bits per heavy atom. The van der Waals surface area contributed by atoms with Crippen LogP contribution in [0.4, 0.5) is 5.69 Å². The molecule has 2 aromatic carbocycles. The van der Waals surface area contributed by atoms with Gasteiger partial charge in [-0.15, -0.1) is 11.8 Å². The fourth-order valence-corrected chi connectivity index (χ4v) is 3.07. The monoisotopic (exact) mass is 349 g/mol. The molecule has 1 aliphatic heterocycles. The van der Waals surface area contributed by atoms with E-state index in [1.165, 1.54) is 11.8 Å². The van der Waals surface area contributed by atoms with Crippen molar-refractivity contribution in [3.8, 4) is 11.5 Å². The van der Waals surface area contributed by atoms with Crippen LogP contribution in [0.15, 0.2) is 41.3 Å². The molecule has 0 spiro atoms. The molecule has 1 amide bonds. The van der Waals surface area contributed by atoms with E-state index in [1.54, 1.807) is 12.1 Å². The molecule has 0 atom stereocenters. The average molecular weight is 350 g/mol. The lowest BCUT2D eigenvalue weighted by Gasteiger charge is -2.18. The summed E-state index contributed by atoms with van der Waals surface area (Å²) in [5.74, 6) is 1.72. The zero-order valence-corrected chi connectivity index (χ0v) is 14.2. The molecule has 1 N–H and O–H groups in total. The van der Waals surface area contributed by atoms with Crippen LogP contribution in [0, 0.1) is 6.92 Å². The zero-order chi connectivity index (χ0) is 16.2. The smallest absolute Gasteiger partial charge is 0.234 e. The SMILES string of the molecule is Cc1ccc(Cl)cc1NC(=O)CSc1ccc2c(c1)OCCO2. The van der Waals surface area contributed by atoms with Crippen LogP contribution in [0.3, 0.4) is 0 Å². The molecule has 6 heteroatoms. The Labute approximate surface area is 144 Å². The third-order valence-electron chi connectivity index (χ3n) is 3.36. The van der Waals surface area contributed by atoms with Gasteiger partial charge in [0.1, 0.15) is 13.2 Å². The summed E-state index contributed by atoms with van der Waals surface area (Å²) >= 11 is 7.41. The van der Waals surface area contributed by atoms with E-state index in [9.17, 15) is 4.79 Å². The van der Waals surface area contributed by atoms with Crippen molar-refractivity contribution in [1.82, 2.24) is 0 Å². The first-order valence-corrected chi connectivity index (χ1v) is 8.56. The number of hydrogen-bond donors (Lipinski definition) is 1. The first-order valence-electron chi connectivity index (χ1n) is 7.20. The van der Waals surface area contributed by atoms with Gasteiger partial charge in [0.25, 0.3) is 0 Å². The molecule has 0 unspecified atom stereocenters. The lowest BCUT2D eigenvalue weighted by molar-refractivity contribution is -0.113. The fourth-order valence-electron chi connectivity index (χ4n) is 2.18. The van der Waals surface area contributed by atoms with Gasteiger partial charge in [-0.2, -0.15) is 0 Å². The second-order valence-corrected chi connectivity index (χ2v) is 6.59. The molecular weight excluding hydrogens is 334 g/mol. The third-order valence-corrected chi connectivity index (χ3v) is 4.59. The summed E-state index contributed by atoms with van der Waals surface area (Å²) in [6, 6.07) is 11.1. The van der Waals surface area contributed by atoms with Crippen molar-refractivity contribution in [2.45, 2.75) is 11.8 Å². The van der Waals surface area contributed by atoms with Crippen molar-refractivity contribution in [1.29, 1.82) is 0 Å². The molecule has 120 valence electrons. The highest BCUT2D eigenvalue weighted by atomic mass is 35.5.